The summed E-state index contributed by atoms with van der Waals surface area (Å²) in [5.41, 5.74) is 1.06. The van der Waals surface area contributed by atoms with E-state index in [0.29, 0.717) is 41.3 Å². The minimum Gasteiger partial charge on any atom is -0.477 e. The first-order chi connectivity index (χ1) is 20.5. The van der Waals surface area contributed by atoms with E-state index in [2.05, 4.69) is 38.9 Å². The number of anilines is 2. The Kier molecular flexibility index (Phi) is 9.76. The van der Waals surface area contributed by atoms with Crippen molar-refractivity contribution in [1.29, 1.82) is 0 Å². The second kappa shape index (κ2) is 13.3. The number of rotatable bonds is 9. The van der Waals surface area contributed by atoms with Crippen molar-refractivity contribution in [3.63, 3.8) is 0 Å². The van der Waals surface area contributed by atoms with E-state index < -0.39 is 5.97 Å². The maximum absolute atomic E-state index is 12.9. The summed E-state index contributed by atoms with van der Waals surface area (Å²) in [5, 5.41) is 14.1. The Balaban J connectivity index is 1.30. The smallest absolute Gasteiger partial charge is 0.348 e. The molecule has 0 aliphatic carbocycles. The number of methoxy groups -OCH3 is 1. The minimum absolute atomic E-state index is 0.0759. The van der Waals surface area contributed by atoms with Gasteiger partial charge < -0.3 is 29.9 Å². The van der Waals surface area contributed by atoms with Gasteiger partial charge in [0, 0.05) is 64.8 Å². The number of aromatic carboxylic acids is 1. The average Bonchev–Trinajstić information content (AvgIpc) is 3.55. The number of carbonyl (C=O) groups excluding carboxylic acids is 1. The highest BCUT2D eigenvalue weighted by molar-refractivity contribution is 7.17. The SMILES string of the molecule is CO[C@H]1CN(c2nc(-c3nccc(N4CCN(CC(C)C)CC4)n3)c(C(=O)O)s2)CC[C@H]1NC(=O)c1[nH]c(C)c(Cl)c1Cl. The van der Waals surface area contributed by atoms with Crippen LogP contribution in [0, 0.1) is 12.8 Å². The van der Waals surface area contributed by atoms with Gasteiger partial charge in [-0.1, -0.05) is 48.4 Å². The van der Waals surface area contributed by atoms with Crippen molar-refractivity contribution in [3.8, 4) is 11.5 Å². The molecule has 232 valence electrons. The molecule has 0 saturated carbocycles. The zero-order valence-corrected chi connectivity index (χ0v) is 26.9. The first kappa shape index (κ1) is 31.5. The number of hydrogen-bond donors (Lipinski definition) is 3. The van der Waals surface area contributed by atoms with Crippen LogP contribution >= 0.6 is 34.5 Å². The summed E-state index contributed by atoms with van der Waals surface area (Å²) in [6, 6.07) is 1.55. The Hall–Kier alpha value is -2.97. The van der Waals surface area contributed by atoms with Crippen molar-refractivity contribution in [2.75, 3.05) is 62.7 Å². The predicted octanol–water partition coefficient (Wildman–Crippen LogP) is 4.04. The van der Waals surface area contributed by atoms with E-state index >= 15 is 0 Å². The maximum Gasteiger partial charge on any atom is 0.348 e. The Bertz CT molecular complexity index is 1470. The summed E-state index contributed by atoms with van der Waals surface area (Å²) < 4.78 is 5.73. The summed E-state index contributed by atoms with van der Waals surface area (Å²) in [5.74, 6) is 0.196. The number of H-pyrrole nitrogens is 1. The molecule has 43 heavy (non-hydrogen) atoms. The molecule has 1 amide bonds. The molecule has 12 nitrogen and oxygen atoms in total. The van der Waals surface area contributed by atoms with Gasteiger partial charge in [-0.25, -0.2) is 19.7 Å². The van der Waals surface area contributed by atoms with E-state index in [-0.39, 0.29) is 45.2 Å². The Morgan fingerprint density at radius 1 is 1.16 bits per heavy atom. The number of ether oxygens (including phenoxy) is 1. The highest BCUT2D eigenvalue weighted by Gasteiger charge is 2.34. The first-order valence-electron chi connectivity index (χ1n) is 14.2. The Labute approximate surface area is 264 Å². The molecule has 0 radical (unpaired) electrons. The number of thiazole rings is 1. The third-order valence-corrected chi connectivity index (χ3v) is 9.76. The number of hydrogen-bond acceptors (Lipinski definition) is 10. The van der Waals surface area contributed by atoms with E-state index in [1.54, 1.807) is 20.2 Å². The van der Waals surface area contributed by atoms with E-state index in [4.69, 9.17) is 37.9 Å². The van der Waals surface area contributed by atoms with Crippen LogP contribution < -0.4 is 15.1 Å². The standard InChI is InChI=1S/C28H36Cl2N8O4S/c1-15(2)13-36-9-11-37(12-10-36)19-5-7-31-25(34-19)23-24(27(40)41)43-28(35-23)38-8-6-17(18(14-38)42-4)33-26(39)22-21(30)20(29)16(3)32-22/h5,7,15,17-18,32H,6,8-14H2,1-4H3,(H,33,39)(H,40,41)/t17-,18+/m1/s1. The van der Waals surface area contributed by atoms with Gasteiger partial charge in [0.05, 0.1) is 22.2 Å². The van der Waals surface area contributed by atoms with Gasteiger partial charge in [-0.05, 0) is 25.3 Å². The Morgan fingerprint density at radius 3 is 2.53 bits per heavy atom. The molecule has 2 aliphatic heterocycles. The lowest BCUT2D eigenvalue weighted by molar-refractivity contribution is 0.0540. The molecule has 2 fully saturated rings. The summed E-state index contributed by atoms with van der Waals surface area (Å²) in [4.78, 5) is 48.7. The molecule has 0 spiro atoms. The van der Waals surface area contributed by atoms with Gasteiger partial charge >= 0.3 is 5.97 Å². The summed E-state index contributed by atoms with van der Waals surface area (Å²) >= 11 is 13.5. The molecule has 2 atom stereocenters. The molecule has 0 aromatic carbocycles. The summed E-state index contributed by atoms with van der Waals surface area (Å²) in [6.45, 7) is 11.7. The van der Waals surface area contributed by atoms with E-state index in [0.717, 1.165) is 49.9 Å². The lowest BCUT2D eigenvalue weighted by Gasteiger charge is -2.37. The van der Waals surface area contributed by atoms with Crippen LogP contribution in [-0.4, -0.2) is 107 Å². The van der Waals surface area contributed by atoms with Crippen LogP contribution in [0.4, 0.5) is 10.9 Å². The van der Waals surface area contributed by atoms with Gasteiger partial charge in [-0.15, -0.1) is 0 Å². The molecular weight excluding hydrogens is 615 g/mol. The summed E-state index contributed by atoms with van der Waals surface area (Å²) in [7, 11) is 1.58. The third kappa shape index (κ3) is 6.91. The van der Waals surface area contributed by atoms with Gasteiger partial charge in [-0.3, -0.25) is 9.69 Å². The fraction of sp³-hybridized carbons (Fsp3) is 0.536. The van der Waals surface area contributed by atoms with Crippen LogP contribution in [-0.2, 0) is 4.74 Å². The van der Waals surface area contributed by atoms with Gasteiger partial charge in [0.2, 0.25) is 0 Å². The highest BCUT2D eigenvalue weighted by Crippen LogP contribution is 2.34. The topological polar surface area (TPSA) is 140 Å². The van der Waals surface area contributed by atoms with Crippen molar-refractivity contribution < 1.29 is 19.4 Å². The maximum atomic E-state index is 12.9. The molecule has 2 saturated heterocycles. The lowest BCUT2D eigenvalue weighted by Crippen LogP contribution is -2.55. The molecule has 0 bridgehead atoms. The lowest BCUT2D eigenvalue weighted by atomic mass is 10.0. The van der Waals surface area contributed by atoms with Crippen LogP contribution in [0.3, 0.4) is 0 Å². The van der Waals surface area contributed by atoms with Crippen LogP contribution in [0.5, 0.6) is 0 Å². The van der Waals surface area contributed by atoms with Crippen LogP contribution in [0.1, 0.15) is 46.1 Å². The van der Waals surface area contributed by atoms with Gasteiger partial charge in [-0.2, -0.15) is 0 Å². The number of piperidine rings is 1. The zero-order valence-electron chi connectivity index (χ0n) is 24.6. The number of carbonyl (C=O) groups is 2. The second-order valence-corrected chi connectivity index (χ2v) is 13.0. The average molecular weight is 652 g/mol. The van der Waals surface area contributed by atoms with Crippen molar-refractivity contribution in [3.05, 3.63) is 38.6 Å². The number of nitrogens with zero attached hydrogens (tertiary/aromatic N) is 6. The summed E-state index contributed by atoms with van der Waals surface area (Å²) in [6.07, 6.45) is 1.82. The number of piperazine rings is 1. The molecule has 3 aromatic heterocycles. The van der Waals surface area contributed by atoms with Crippen LogP contribution in [0.2, 0.25) is 10.0 Å². The molecule has 15 heteroatoms. The zero-order chi connectivity index (χ0) is 30.8. The van der Waals surface area contributed by atoms with Gasteiger partial charge in [0.25, 0.3) is 5.91 Å². The molecule has 3 N–H and O–H groups in total. The van der Waals surface area contributed by atoms with E-state index in [1.165, 1.54) is 0 Å². The van der Waals surface area contributed by atoms with Crippen LogP contribution in [0.25, 0.3) is 11.5 Å². The highest BCUT2D eigenvalue weighted by atomic mass is 35.5. The van der Waals surface area contributed by atoms with Crippen molar-refractivity contribution >= 4 is 57.4 Å². The number of aromatic amines is 1. The van der Waals surface area contributed by atoms with Gasteiger partial charge in [0.1, 0.15) is 22.1 Å². The number of halogens is 2. The minimum atomic E-state index is -1.09. The van der Waals surface area contributed by atoms with E-state index in [9.17, 15) is 14.7 Å². The van der Waals surface area contributed by atoms with Crippen LogP contribution in [0.15, 0.2) is 12.3 Å². The van der Waals surface area contributed by atoms with Crippen molar-refractivity contribution in [2.24, 2.45) is 5.92 Å². The first-order valence-corrected chi connectivity index (χ1v) is 15.8. The monoisotopic (exact) mass is 650 g/mol. The fourth-order valence-corrected chi connectivity index (χ4v) is 6.87. The van der Waals surface area contributed by atoms with Crippen molar-refractivity contribution in [1.82, 2.24) is 30.2 Å². The Morgan fingerprint density at radius 2 is 1.91 bits per heavy atom. The molecule has 0 unspecified atom stereocenters. The van der Waals surface area contributed by atoms with E-state index in [1.807, 2.05) is 11.0 Å². The normalized spacial score (nSPS) is 19.7. The predicted molar refractivity (Wildman–Crippen MR) is 168 cm³/mol. The van der Waals surface area contributed by atoms with Crippen molar-refractivity contribution in [2.45, 2.75) is 39.3 Å². The number of amides is 1. The number of carboxylic acids is 1. The largest absolute Gasteiger partial charge is 0.477 e. The molecular formula is C28H36Cl2N8O4S. The third-order valence-electron chi connectivity index (χ3n) is 7.71. The molecule has 5 heterocycles. The fourth-order valence-electron chi connectivity index (χ4n) is 5.52. The molecule has 3 aromatic rings. The number of nitrogens with one attached hydrogen (secondary N) is 2. The molecule has 5 rings (SSSR count). The second-order valence-electron chi connectivity index (χ2n) is 11.2. The van der Waals surface area contributed by atoms with Gasteiger partial charge in [0.15, 0.2) is 11.0 Å². The number of aryl methyl sites for hydroxylation is 1. The number of carboxylic acid groups (broad SMARTS) is 1. The quantitative estimate of drug-likeness (QED) is 0.311. The molecule has 2 aliphatic rings. The number of aromatic nitrogens is 4.